The Hall–Kier alpha value is -9.59. The number of carbonyl (C=O) groups excluding carboxylic acids is 1. The van der Waals surface area contributed by atoms with Gasteiger partial charge >= 0.3 is 0 Å². The van der Waals surface area contributed by atoms with E-state index in [9.17, 15) is 4.79 Å². The number of pyridine rings is 5. The molecule has 5 heterocycles. The first kappa shape index (κ1) is 91.0. The van der Waals surface area contributed by atoms with E-state index in [0.717, 1.165) is 89.7 Å². The number of rotatable bonds is 11. The van der Waals surface area contributed by atoms with Crippen molar-refractivity contribution in [1.82, 2.24) is 24.9 Å². The topological polar surface area (TPSA) is 102 Å². The third kappa shape index (κ3) is 27.5. The van der Waals surface area contributed by atoms with Crippen molar-refractivity contribution in [1.29, 1.82) is 0 Å². The Bertz CT molecular complexity index is 4990. The first-order valence-electron chi connectivity index (χ1n) is 34.9. The normalized spacial score (nSPS) is 10.0. The van der Waals surface area contributed by atoms with Crippen molar-refractivity contribution < 1.29 is 110 Å². The van der Waals surface area contributed by atoms with Crippen molar-refractivity contribution in [3.63, 3.8) is 0 Å². The van der Waals surface area contributed by atoms with Crippen LogP contribution in [0.15, 0.2) is 328 Å². The van der Waals surface area contributed by atoms with Crippen LogP contribution in [0, 0.1) is 85.7 Å². The van der Waals surface area contributed by atoms with Crippen molar-refractivity contribution >= 4 is 5.78 Å². The van der Waals surface area contributed by atoms with Crippen molar-refractivity contribution in [2.24, 2.45) is 0 Å². The molecule has 0 unspecified atom stereocenters. The molecule has 1 N–H and O–H groups in total. The van der Waals surface area contributed by atoms with E-state index in [2.05, 4.69) is 268 Å². The van der Waals surface area contributed by atoms with Crippen molar-refractivity contribution in [2.75, 3.05) is 0 Å². The molecule has 0 saturated heterocycles. The number of hydrogen-bond donors (Lipinski definition) is 1. The molecule has 7 nitrogen and oxygen atoms in total. The Morgan fingerprint density at radius 2 is 0.582 bits per heavy atom. The summed E-state index contributed by atoms with van der Waals surface area (Å²) >= 11 is 0. The van der Waals surface area contributed by atoms with E-state index in [4.69, 9.17) is 5.11 Å². The second-order valence-corrected chi connectivity index (χ2v) is 25.6. The van der Waals surface area contributed by atoms with Gasteiger partial charge in [-0.3, -0.25) is 4.79 Å². The Labute approximate surface area is 718 Å². The summed E-state index contributed by atoms with van der Waals surface area (Å²) in [5, 5.41) is 8.36. The molecule has 10 aromatic carbocycles. The zero-order chi connectivity index (χ0) is 73.9. The number of nitrogens with zero attached hydrogens (tertiary/aromatic N) is 5. The standard InChI is InChI=1S/3C19H16N.2C18H14N.C5H8O2.5Ir/c2*1-14-8-10-18(15(2)12-14)19-11-9-17(13-20-19)16-6-4-3-5-7-16;1-14-10-15(2)12-18(11-14)19-9-8-17(13-20-19)16-6-4-3-5-7-16;2*1-14-7-5-6-10-17(14)18-12-11-16(13-19-18)15-8-3-2-4-9-15;1-4(6)3-5(2)7;;;;;/h2*3-9,11-13H,1-2H3;3-11,13H,1-2H3;2*2-9,11-13H,1H3;3,6H,1-2H3;;;;;/q5*-1;;;;;;. The third-order valence-corrected chi connectivity index (χ3v) is 16.9. The van der Waals surface area contributed by atoms with Crippen LogP contribution >= 0.6 is 0 Å². The molecule has 0 spiro atoms. The predicted molar refractivity (Wildman–Crippen MR) is 435 cm³/mol. The van der Waals surface area contributed by atoms with Crippen LogP contribution in [0.3, 0.4) is 0 Å². The molecule has 5 aromatic heterocycles. The summed E-state index contributed by atoms with van der Waals surface area (Å²) in [6.45, 7) is 19.5. The Kier molecular flexibility index (Phi) is 38.7. The average Bonchev–Trinajstić information content (AvgIpc) is 0.858. The molecular weight excluding hydrogens is 2240 g/mol. The zero-order valence-electron chi connectivity index (χ0n) is 62.9. The molecule has 0 bridgehead atoms. The van der Waals surface area contributed by atoms with E-state index in [1.165, 1.54) is 86.7 Å². The third-order valence-electron chi connectivity index (χ3n) is 16.9. The van der Waals surface area contributed by atoms with Gasteiger partial charge in [-0.2, -0.15) is 0 Å². The number of aliphatic hydroxyl groups excluding tert-OH is 1. The maximum atomic E-state index is 10.0. The first-order chi connectivity index (χ1) is 51.0. The molecule has 5 radical (unpaired) electrons. The monoisotopic (exact) mass is 2330 g/mol. The molecule has 110 heavy (non-hydrogen) atoms. The number of hydrogen-bond acceptors (Lipinski definition) is 7. The van der Waals surface area contributed by atoms with Gasteiger partial charge in [-0.15, -0.1) is 175 Å². The number of carbonyl (C=O) groups is 1. The first-order valence-corrected chi connectivity index (χ1v) is 34.9. The fourth-order valence-corrected chi connectivity index (χ4v) is 11.7. The zero-order valence-corrected chi connectivity index (χ0v) is 74.8. The van der Waals surface area contributed by atoms with E-state index in [-0.39, 0.29) is 112 Å². The van der Waals surface area contributed by atoms with E-state index in [0.29, 0.717) is 0 Å². The fourth-order valence-electron chi connectivity index (χ4n) is 11.7. The summed E-state index contributed by atoms with van der Waals surface area (Å²) in [4.78, 5) is 32.9. The molecule has 0 aliphatic rings. The number of aliphatic hydroxyl groups is 1. The second kappa shape index (κ2) is 46.8. The van der Waals surface area contributed by atoms with Gasteiger partial charge in [0.05, 0.1) is 5.76 Å². The van der Waals surface area contributed by atoms with Crippen LogP contribution in [0.5, 0.6) is 0 Å². The van der Waals surface area contributed by atoms with Crippen molar-refractivity contribution in [3.8, 4) is 112 Å². The number of aromatic nitrogens is 5. The van der Waals surface area contributed by atoms with Gasteiger partial charge in [0.1, 0.15) is 0 Å². The van der Waals surface area contributed by atoms with Crippen LogP contribution in [0.1, 0.15) is 58.4 Å². The van der Waals surface area contributed by atoms with E-state index < -0.39 is 0 Å². The SMILES string of the molecule is CC(=O)C=C(C)O.Cc1[c-]c(-c2ccc(-c3ccccc3)cn2)cc(C)c1.Cc1c[c-]c(-c2ccc(-c3ccccc3)cn2)c(C)c1.Cc1c[c-]c(-c2ccc(-c3ccccc3)cn2)c(C)c1.Cc1ccc[c-]c1-c1ccc(-c2ccccc2)cn1.Cc1ccc[c-]c1-c1ccc(-c2ccccc2)cn1.[Ir].[Ir].[Ir].[Ir].[Ir]. The number of aryl methyl sites for hydroxylation is 8. The van der Waals surface area contributed by atoms with E-state index >= 15 is 0 Å². The Morgan fingerprint density at radius 3 is 0.809 bits per heavy atom. The van der Waals surface area contributed by atoms with Crippen LogP contribution in [0.2, 0.25) is 0 Å². The second-order valence-electron chi connectivity index (χ2n) is 25.6. The van der Waals surface area contributed by atoms with Gasteiger partial charge in [0.25, 0.3) is 0 Å². The van der Waals surface area contributed by atoms with E-state index in [1.807, 2.05) is 158 Å². The van der Waals surface area contributed by atoms with Crippen molar-refractivity contribution in [3.05, 3.63) is 403 Å². The summed E-state index contributed by atoms with van der Waals surface area (Å²) in [6, 6.07) is 113. The number of ketones is 1. The van der Waals surface area contributed by atoms with Gasteiger partial charge in [0.15, 0.2) is 5.78 Å². The van der Waals surface area contributed by atoms with Gasteiger partial charge in [-0.05, 0) is 98.0 Å². The largest absolute Gasteiger partial charge is 0.512 e. The molecule has 12 heteroatoms. The predicted octanol–water partition coefficient (Wildman–Crippen LogP) is 24.6. The quantitative estimate of drug-likeness (QED) is 0.0782. The molecule has 0 aliphatic heterocycles. The van der Waals surface area contributed by atoms with Crippen LogP contribution in [-0.4, -0.2) is 35.8 Å². The van der Waals surface area contributed by atoms with Crippen molar-refractivity contribution in [2.45, 2.75) is 69.2 Å². The molecular formula is C98H84Ir5N5O2-5. The maximum Gasteiger partial charge on any atom is 0.155 e. The van der Waals surface area contributed by atoms with Gasteiger partial charge in [0.2, 0.25) is 0 Å². The summed E-state index contributed by atoms with van der Waals surface area (Å²) in [5.41, 5.74) is 31.5. The molecule has 15 rings (SSSR count). The average molecular weight is 2320 g/mol. The van der Waals surface area contributed by atoms with E-state index in [1.54, 1.807) is 0 Å². The fraction of sp³-hybridized carbons (Fsp3) is 0.102. The van der Waals surface area contributed by atoms with Gasteiger partial charge in [-0.25, -0.2) is 0 Å². The minimum atomic E-state index is -0.125. The molecule has 0 fully saturated rings. The minimum Gasteiger partial charge on any atom is -0.512 e. The van der Waals surface area contributed by atoms with Crippen LogP contribution < -0.4 is 0 Å². The summed E-state index contributed by atoms with van der Waals surface area (Å²) in [7, 11) is 0. The Morgan fingerprint density at radius 1 is 0.300 bits per heavy atom. The molecule has 563 valence electrons. The molecule has 0 amide bonds. The van der Waals surface area contributed by atoms with Gasteiger partial charge in [-0.1, -0.05) is 268 Å². The maximum absolute atomic E-state index is 10.0. The summed E-state index contributed by atoms with van der Waals surface area (Å²) in [5.74, 6) is -0.0625. The number of benzene rings is 10. The number of allylic oxidation sites excluding steroid dienone is 2. The van der Waals surface area contributed by atoms with Crippen LogP contribution in [0.25, 0.3) is 112 Å². The Balaban J connectivity index is 0.000000238. The molecule has 0 aliphatic carbocycles. The van der Waals surface area contributed by atoms with Gasteiger partial charge < -0.3 is 30.0 Å². The molecule has 0 atom stereocenters. The minimum absolute atomic E-state index is 0. The van der Waals surface area contributed by atoms with Crippen LogP contribution in [-0.2, 0) is 105 Å². The molecule has 15 aromatic rings. The summed E-state index contributed by atoms with van der Waals surface area (Å²) < 4.78 is 0. The molecule has 0 saturated carbocycles. The summed E-state index contributed by atoms with van der Waals surface area (Å²) in [6.07, 6.45) is 10.8. The van der Waals surface area contributed by atoms with Crippen LogP contribution in [0.4, 0.5) is 0 Å². The smallest absolute Gasteiger partial charge is 0.155 e. The van der Waals surface area contributed by atoms with Gasteiger partial charge in [0, 0.05) is 138 Å².